The van der Waals surface area contributed by atoms with Gasteiger partial charge < -0.3 is 10.0 Å². The topological polar surface area (TPSA) is 70.5 Å². The van der Waals surface area contributed by atoms with Crippen LogP contribution in [-0.2, 0) is 11.2 Å². The first-order valence-electron chi connectivity index (χ1n) is 8.25. The number of aryl methyl sites for hydroxylation is 1. The molecule has 1 aromatic heterocycles. The second-order valence-corrected chi connectivity index (χ2v) is 8.38. The van der Waals surface area contributed by atoms with Gasteiger partial charge in [0.1, 0.15) is 10.7 Å². The monoisotopic (exact) mass is 394 g/mol. The van der Waals surface area contributed by atoms with Crippen molar-refractivity contribution in [3.63, 3.8) is 0 Å². The Morgan fingerprint density at radius 3 is 2.77 bits per heavy atom. The molecule has 26 heavy (non-hydrogen) atoms. The molecule has 0 aliphatic carbocycles. The lowest BCUT2D eigenvalue weighted by Gasteiger charge is -2.34. The van der Waals surface area contributed by atoms with Crippen LogP contribution in [0, 0.1) is 12.7 Å². The lowest BCUT2D eigenvalue weighted by molar-refractivity contribution is -0.138. The fourth-order valence-electron chi connectivity index (χ4n) is 2.93. The number of nitrogens with zero attached hydrogens (tertiary/aromatic N) is 2. The van der Waals surface area contributed by atoms with Crippen LogP contribution in [-0.4, -0.2) is 51.0 Å². The third-order valence-corrected chi connectivity index (χ3v) is 6.44. The fourth-order valence-corrected chi connectivity index (χ4v) is 5.04. The van der Waals surface area contributed by atoms with E-state index in [0.717, 1.165) is 16.3 Å². The maximum absolute atomic E-state index is 13.0. The molecule has 1 aliphatic heterocycles. The van der Waals surface area contributed by atoms with E-state index in [-0.39, 0.29) is 24.2 Å². The van der Waals surface area contributed by atoms with Crippen LogP contribution in [0.15, 0.2) is 24.3 Å². The largest absolute Gasteiger partial charge is 0.481 e. The van der Waals surface area contributed by atoms with Crippen molar-refractivity contribution < 1.29 is 19.1 Å². The molecule has 0 spiro atoms. The van der Waals surface area contributed by atoms with Crippen molar-refractivity contribution in [1.82, 2.24) is 9.88 Å². The van der Waals surface area contributed by atoms with Gasteiger partial charge in [0.05, 0.1) is 23.2 Å². The molecule has 0 saturated carbocycles. The van der Waals surface area contributed by atoms with E-state index in [1.54, 1.807) is 35.7 Å². The number of rotatable bonds is 5. The van der Waals surface area contributed by atoms with Gasteiger partial charge >= 0.3 is 5.97 Å². The SMILES string of the molecule is Cc1nc(Cc2ccc(F)cc2)sc1C(=O)N1CCSCC1CC(=O)O. The summed E-state index contributed by atoms with van der Waals surface area (Å²) in [6.07, 6.45) is 0.493. The number of amides is 1. The van der Waals surface area contributed by atoms with Crippen molar-refractivity contribution >= 4 is 35.0 Å². The first-order chi connectivity index (χ1) is 12.4. The average molecular weight is 394 g/mol. The van der Waals surface area contributed by atoms with Crippen LogP contribution in [0.4, 0.5) is 4.39 Å². The molecule has 5 nitrogen and oxygen atoms in total. The Morgan fingerprint density at radius 2 is 2.08 bits per heavy atom. The second kappa shape index (κ2) is 8.18. The molecule has 1 aliphatic rings. The van der Waals surface area contributed by atoms with Crippen molar-refractivity contribution in [3.05, 3.63) is 51.2 Å². The van der Waals surface area contributed by atoms with Gasteiger partial charge in [0.15, 0.2) is 0 Å². The van der Waals surface area contributed by atoms with Crippen LogP contribution >= 0.6 is 23.1 Å². The molecule has 0 bridgehead atoms. The average Bonchev–Trinajstić information content (AvgIpc) is 2.96. The molecule has 3 rings (SSSR count). The van der Waals surface area contributed by atoms with Gasteiger partial charge in [0.25, 0.3) is 5.91 Å². The molecule has 1 aromatic carbocycles. The Bertz CT molecular complexity index is 807. The van der Waals surface area contributed by atoms with E-state index in [9.17, 15) is 14.0 Å². The molecule has 1 unspecified atom stereocenters. The van der Waals surface area contributed by atoms with Gasteiger partial charge in [-0.25, -0.2) is 9.37 Å². The molecule has 8 heteroatoms. The van der Waals surface area contributed by atoms with Gasteiger partial charge in [-0.2, -0.15) is 11.8 Å². The Morgan fingerprint density at radius 1 is 1.35 bits per heavy atom. The van der Waals surface area contributed by atoms with Gasteiger partial charge in [0, 0.05) is 24.5 Å². The number of hydrogen-bond acceptors (Lipinski definition) is 5. The predicted molar refractivity (Wildman–Crippen MR) is 100 cm³/mol. The number of carboxylic acids is 1. The number of aromatic nitrogens is 1. The van der Waals surface area contributed by atoms with E-state index in [0.29, 0.717) is 29.3 Å². The Hall–Kier alpha value is -1.93. The van der Waals surface area contributed by atoms with Crippen molar-refractivity contribution in [3.8, 4) is 0 Å². The third kappa shape index (κ3) is 4.42. The van der Waals surface area contributed by atoms with Crippen molar-refractivity contribution in [2.75, 3.05) is 18.1 Å². The number of thioether (sulfide) groups is 1. The highest BCUT2D eigenvalue weighted by atomic mass is 32.2. The molecule has 1 N–H and O–H groups in total. The second-order valence-electron chi connectivity index (χ2n) is 6.15. The summed E-state index contributed by atoms with van der Waals surface area (Å²) < 4.78 is 13.0. The van der Waals surface area contributed by atoms with E-state index >= 15 is 0 Å². The summed E-state index contributed by atoms with van der Waals surface area (Å²) in [7, 11) is 0. The number of benzene rings is 1. The summed E-state index contributed by atoms with van der Waals surface area (Å²) in [5, 5.41) is 9.88. The Labute approximate surface area is 159 Å². The predicted octanol–water partition coefficient (Wildman–Crippen LogP) is 3.21. The summed E-state index contributed by atoms with van der Waals surface area (Å²) in [4.78, 5) is 30.8. The van der Waals surface area contributed by atoms with Gasteiger partial charge in [0.2, 0.25) is 0 Å². The van der Waals surface area contributed by atoms with Crippen molar-refractivity contribution in [2.24, 2.45) is 0 Å². The molecule has 0 radical (unpaired) electrons. The zero-order valence-electron chi connectivity index (χ0n) is 14.3. The van der Waals surface area contributed by atoms with Gasteiger partial charge in [-0.1, -0.05) is 12.1 Å². The number of thiazole rings is 1. The summed E-state index contributed by atoms with van der Waals surface area (Å²) in [6.45, 7) is 2.34. The lowest BCUT2D eigenvalue weighted by atomic mass is 10.1. The van der Waals surface area contributed by atoms with Gasteiger partial charge in [-0.15, -0.1) is 11.3 Å². The quantitative estimate of drug-likeness (QED) is 0.843. The normalized spacial score (nSPS) is 17.3. The van der Waals surface area contributed by atoms with Crippen molar-refractivity contribution in [2.45, 2.75) is 25.8 Å². The smallest absolute Gasteiger partial charge is 0.305 e. The van der Waals surface area contributed by atoms with E-state index in [2.05, 4.69) is 4.98 Å². The zero-order valence-corrected chi connectivity index (χ0v) is 15.9. The van der Waals surface area contributed by atoms with E-state index in [1.165, 1.54) is 23.5 Å². The molecule has 138 valence electrons. The maximum Gasteiger partial charge on any atom is 0.305 e. The maximum atomic E-state index is 13.0. The molecule has 2 heterocycles. The standard InChI is InChI=1S/C18H19FN2O3S2/c1-11-17(18(24)21-6-7-25-10-14(21)9-16(22)23)26-15(20-11)8-12-2-4-13(19)5-3-12/h2-5,14H,6-10H2,1H3,(H,22,23). The number of carboxylic acid groups (broad SMARTS) is 1. The minimum absolute atomic E-state index is 0.0426. The van der Waals surface area contributed by atoms with Crippen molar-refractivity contribution in [1.29, 1.82) is 0 Å². The molecular formula is C18H19FN2O3S2. The Kier molecular flexibility index (Phi) is 5.93. The molecule has 2 aromatic rings. The molecule has 1 amide bonds. The van der Waals surface area contributed by atoms with Crippen LogP contribution in [0.25, 0.3) is 0 Å². The highest BCUT2D eigenvalue weighted by Crippen LogP contribution is 2.26. The number of aliphatic carboxylic acids is 1. The Balaban J connectivity index is 1.77. The van der Waals surface area contributed by atoms with Gasteiger partial charge in [-0.05, 0) is 24.6 Å². The molecule has 1 fully saturated rings. The van der Waals surface area contributed by atoms with Crippen LogP contribution in [0.3, 0.4) is 0 Å². The first-order valence-corrected chi connectivity index (χ1v) is 10.2. The van der Waals surface area contributed by atoms with Crippen LogP contribution in [0.1, 0.15) is 32.4 Å². The summed E-state index contributed by atoms with van der Waals surface area (Å²) in [6, 6.07) is 5.94. The minimum Gasteiger partial charge on any atom is -0.481 e. The van der Waals surface area contributed by atoms with Crippen LogP contribution in [0.5, 0.6) is 0 Å². The number of hydrogen-bond donors (Lipinski definition) is 1. The number of halogens is 1. The molecule has 1 atom stereocenters. The lowest BCUT2D eigenvalue weighted by Crippen LogP contribution is -2.47. The molecule has 1 saturated heterocycles. The van der Waals surface area contributed by atoms with Crippen LogP contribution in [0.2, 0.25) is 0 Å². The summed E-state index contributed by atoms with van der Waals surface area (Å²) >= 11 is 3.00. The third-order valence-electron chi connectivity index (χ3n) is 4.20. The summed E-state index contributed by atoms with van der Waals surface area (Å²) in [5.41, 5.74) is 1.58. The zero-order chi connectivity index (χ0) is 18.7. The number of carbonyl (C=O) groups is 2. The van der Waals surface area contributed by atoms with E-state index < -0.39 is 5.97 Å². The fraction of sp³-hybridized carbons (Fsp3) is 0.389. The highest BCUT2D eigenvalue weighted by Gasteiger charge is 2.31. The van der Waals surface area contributed by atoms with E-state index in [4.69, 9.17) is 5.11 Å². The first kappa shape index (κ1) is 18.8. The molecular weight excluding hydrogens is 375 g/mol. The summed E-state index contributed by atoms with van der Waals surface area (Å²) in [5.74, 6) is 0.123. The highest BCUT2D eigenvalue weighted by molar-refractivity contribution is 7.99. The minimum atomic E-state index is -0.895. The van der Waals surface area contributed by atoms with Crippen LogP contribution < -0.4 is 0 Å². The van der Waals surface area contributed by atoms with E-state index in [1.807, 2.05) is 0 Å². The van der Waals surface area contributed by atoms with Gasteiger partial charge in [-0.3, -0.25) is 9.59 Å². The number of carbonyl (C=O) groups excluding carboxylic acids is 1.